The molecule has 0 aliphatic carbocycles. The number of thiophene rings is 1. The van der Waals surface area contributed by atoms with Gasteiger partial charge in [-0.05, 0) is 24.3 Å². The van der Waals surface area contributed by atoms with Crippen LogP contribution in [0.2, 0.25) is 0 Å². The highest BCUT2D eigenvalue weighted by molar-refractivity contribution is 7.88. The Morgan fingerprint density at radius 1 is 1.37 bits per heavy atom. The normalized spacial score (nSPS) is 21.9. The third-order valence-corrected chi connectivity index (χ3v) is 7.50. The smallest absolute Gasteiger partial charge is 0.255 e. The Morgan fingerprint density at radius 3 is 2.96 bits per heavy atom. The Bertz CT molecular complexity index is 969. The van der Waals surface area contributed by atoms with Gasteiger partial charge in [-0.1, -0.05) is 6.07 Å². The summed E-state index contributed by atoms with van der Waals surface area (Å²) in [6.45, 7) is 3.27. The molecule has 7 nitrogen and oxygen atoms in total. The molecule has 9 heteroatoms. The highest BCUT2D eigenvalue weighted by Crippen LogP contribution is 2.27. The number of nitrogens with zero attached hydrogens (tertiary/aromatic N) is 3. The molecular formula is C18H24N4O3S2. The van der Waals surface area contributed by atoms with Crippen molar-refractivity contribution in [2.45, 2.75) is 38.3 Å². The van der Waals surface area contributed by atoms with Gasteiger partial charge in [-0.2, -0.15) is 0 Å². The van der Waals surface area contributed by atoms with Gasteiger partial charge in [0.1, 0.15) is 5.82 Å². The van der Waals surface area contributed by atoms with Gasteiger partial charge in [0.05, 0.1) is 17.5 Å². The van der Waals surface area contributed by atoms with Crippen molar-refractivity contribution in [3.05, 3.63) is 49.8 Å². The molecular weight excluding hydrogens is 384 g/mol. The van der Waals surface area contributed by atoms with Gasteiger partial charge in [0.15, 0.2) is 0 Å². The molecule has 0 bridgehead atoms. The van der Waals surface area contributed by atoms with Crippen LogP contribution in [0, 0.1) is 0 Å². The molecule has 0 aromatic carbocycles. The maximum Gasteiger partial charge on any atom is 0.255 e. The van der Waals surface area contributed by atoms with E-state index in [0.717, 1.165) is 43.6 Å². The number of fused-ring (bicyclic) bond motifs is 1. The van der Waals surface area contributed by atoms with Gasteiger partial charge in [0, 0.05) is 49.9 Å². The predicted octanol–water partition coefficient (Wildman–Crippen LogP) is 1.53. The molecule has 2 aliphatic heterocycles. The molecule has 4 rings (SSSR count). The van der Waals surface area contributed by atoms with E-state index < -0.39 is 10.0 Å². The molecule has 0 radical (unpaired) electrons. The third-order valence-electron chi connectivity index (χ3n) is 5.37. The van der Waals surface area contributed by atoms with Crippen molar-refractivity contribution < 1.29 is 8.42 Å². The Labute approximate surface area is 163 Å². The highest BCUT2D eigenvalue weighted by Gasteiger charge is 2.30. The number of rotatable bonds is 4. The fourth-order valence-corrected chi connectivity index (χ4v) is 5.58. The Balaban J connectivity index is 1.53. The van der Waals surface area contributed by atoms with Gasteiger partial charge in [-0.15, -0.1) is 11.3 Å². The number of piperidine rings is 1. The van der Waals surface area contributed by atoms with Crippen molar-refractivity contribution in [2.24, 2.45) is 0 Å². The van der Waals surface area contributed by atoms with E-state index in [1.54, 1.807) is 11.3 Å². The van der Waals surface area contributed by atoms with Crippen LogP contribution in [0.5, 0.6) is 0 Å². The first-order valence-corrected chi connectivity index (χ1v) is 11.9. The van der Waals surface area contributed by atoms with Crippen molar-refractivity contribution in [3.8, 4) is 0 Å². The van der Waals surface area contributed by atoms with Crippen molar-refractivity contribution in [3.63, 3.8) is 0 Å². The summed E-state index contributed by atoms with van der Waals surface area (Å²) >= 11 is 1.73. The summed E-state index contributed by atoms with van der Waals surface area (Å²) in [5, 5.41) is 2.07. The Kier molecular flexibility index (Phi) is 5.19. The fraction of sp³-hybridized carbons (Fsp3) is 0.556. The number of hydrogen-bond donors (Lipinski definition) is 1. The topological polar surface area (TPSA) is 86.4 Å². The molecule has 146 valence electrons. The Hall–Kier alpha value is -1.55. The summed E-state index contributed by atoms with van der Waals surface area (Å²) in [6, 6.07) is 4.16. The van der Waals surface area contributed by atoms with E-state index in [9.17, 15) is 13.2 Å². The van der Waals surface area contributed by atoms with Crippen LogP contribution in [0.4, 0.5) is 0 Å². The second-order valence-corrected chi connectivity index (χ2v) is 10.4. The van der Waals surface area contributed by atoms with E-state index in [1.165, 1.54) is 15.4 Å². The SMILES string of the molecule is CS(=O)(=O)N1CCC[C@H](c2nc3c(c(=O)[nH]2)CN(Cc2cccs2)CC3)C1. The number of H-pyrrole nitrogens is 1. The predicted molar refractivity (Wildman–Crippen MR) is 105 cm³/mol. The van der Waals surface area contributed by atoms with Crippen LogP contribution in [0.1, 0.15) is 40.7 Å². The standard InChI is InChI=1S/C18H24N4O3S2/c1-27(24,25)22-7-2-4-13(10-22)17-19-16-6-8-21(11-14-5-3-9-26-14)12-15(16)18(23)20-17/h3,5,9,13H,2,4,6-8,10-12H2,1H3,(H,19,20,23)/t13-/m0/s1. The lowest BCUT2D eigenvalue weighted by Crippen LogP contribution is -2.40. The van der Waals surface area contributed by atoms with Crippen LogP contribution >= 0.6 is 11.3 Å². The molecule has 1 N–H and O–H groups in total. The van der Waals surface area contributed by atoms with Crippen molar-refractivity contribution in [2.75, 3.05) is 25.9 Å². The largest absolute Gasteiger partial charge is 0.310 e. The molecule has 0 saturated carbocycles. The summed E-state index contributed by atoms with van der Waals surface area (Å²) in [7, 11) is -3.22. The first-order chi connectivity index (χ1) is 12.9. The van der Waals surface area contributed by atoms with Crippen LogP contribution in [0.3, 0.4) is 0 Å². The van der Waals surface area contributed by atoms with Crippen molar-refractivity contribution >= 4 is 21.4 Å². The summed E-state index contributed by atoms with van der Waals surface area (Å²) in [5.74, 6) is 0.592. The molecule has 1 saturated heterocycles. The molecule has 0 unspecified atom stereocenters. The van der Waals surface area contributed by atoms with Gasteiger partial charge in [0.25, 0.3) is 5.56 Å². The third kappa shape index (κ3) is 4.16. The average molecular weight is 409 g/mol. The first kappa shape index (κ1) is 18.8. The molecule has 2 aromatic heterocycles. The van der Waals surface area contributed by atoms with Crippen molar-refractivity contribution in [1.29, 1.82) is 0 Å². The van der Waals surface area contributed by atoms with Crippen LogP contribution in [0.25, 0.3) is 0 Å². The van der Waals surface area contributed by atoms with Gasteiger partial charge >= 0.3 is 0 Å². The van der Waals surface area contributed by atoms with E-state index in [-0.39, 0.29) is 11.5 Å². The first-order valence-electron chi connectivity index (χ1n) is 9.22. The zero-order chi connectivity index (χ0) is 19.0. The summed E-state index contributed by atoms with van der Waals surface area (Å²) in [5.41, 5.74) is 1.53. The Morgan fingerprint density at radius 2 is 2.22 bits per heavy atom. The molecule has 4 heterocycles. The van der Waals surface area contributed by atoms with Crippen LogP contribution in [-0.4, -0.2) is 53.5 Å². The minimum absolute atomic E-state index is 0.0457. The minimum Gasteiger partial charge on any atom is -0.310 e. The van der Waals surface area contributed by atoms with Crippen LogP contribution in [0.15, 0.2) is 22.3 Å². The van der Waals surface area contributed by atoms with E-state index >= 15 is 0 Å². The number of sulfonamides is 1. The van der Waals surface area contributed by atoms with Gasteiger partial charge in [-0.25, -0.2) is 17.7 Å². The summed E-state index contributed by atoms with van der Waals surface area (Å²) < 4.78 is 25.2. The minimum atomic E-state index is -3.22. The maximum absolute atomic E-state index is 12.7. The molecule has 2 aliphatic rings. The van der Waals surface area contributed by atoms with E-state index in [4.69, 9.17) is 4.98 Å². The monoisotopic (exact) mass is 408 g/mol. The molecule has 1 fully saturated rings. The molecule has 27 heavy (non-hydrogen) atoms. The lowest BCUT2D eigenvalue weighted by molar-refractivity contribution is 0.242. The van der Waals surface area contributed by atoms with E-state index in [0.29, 0.717) is 25.5 Å². The maximum atomic E-state index is 12.7. The van der Waals surface area contributed by atoms with Gasteiger partial charge < -0.3 is 4.98 Å². The second-order valence-electron chi connectivity index (χ2n) is 7.38. The lowest BCUT2D eigenvalue weighted by Gasteiger charge is -2.31. The number of aromatic nitrogens is 2. The molecule has 2 aromatic rings. The number of nitrogens with one attached hydrogen (secondary N) is 1. The molecule has 1 atom stereocenters. The highest BCUT2D eigenvalue weighted by atomic mass is 32.2. The van der Waals surface area contributed by atoms with Gasteiger partial charge in [0.2, 0.25) is 10.0 Å². The van der Waals surface area contributed by atoms with Gasteiger partial charge in [-0.3, -0.25) is 9.69 Å². The zero-order valence-corrected chi connectivity index (χ0v) is 17.0. The zero-order valence-electron chi connectivity index (χ0n) is 15.3. The average Bonchev–Trinajstić information content (AvgIpc) is 3.14. The second kappa shape index (κ2) is 7.46. The molecule has 0 spiro atoms. The lowest BCUT2D eigenvalue weighted by atomic mass is 9.98. The number of aromatic amines is 1. The van der Waals surface area contributed by atoms with E-state index in [1.807, 2.05) is 6.07 Å². The van der Waals surface area contributed by atoms with Crippen LogP contribution < -0.4 is 5.56 Å². The van der Waals surface area contributed by atoms with Crippen LogP contribution in [-0.2, 0) is 29.5 Å². The number of hydrogen-bond acceptors (Lipinski definition) is 6. The van der Waals surface area contributed by atoms with E-state index in [2.05, 4.69) is 21.3 Å². The molecule has 0 amide bonds. The fourth-order valence-electron chi connectivity index (χ4n) is 3.92. The summed E-state index contributed by atoms with van der Waals surface area (Å²) in [4.78, 5) is 24.0. The summed E-state index contributed by atoms with van der Waals surface area (Å²) in [6.07, 6.45) is 3.62. The quantitative estimate of drug-likeness (QED) is 0.829. The van der Waals surface area contributed by atoms with Crippen molar-refractivity contribution in [1.82, 2.24) is 19.2 Å².